The molecule has 1 heterocycles. The number of aliphatic carboxylic acids is 1. The van der Waals surface area contributed by atoms with Gasteiger partial charge in [-0.3, -0.25) is 14.4 Å². The van der Waals surface area contributed by atoms with Crippen LogP contribution in [0.2, 0.25) is 0 Å². The molecule has 1 atom stereocenters. The molecule has 1 aliphatic heterocycles. The summed E-state index contributed by atoms with van der Waals surface area (Å²) in [5.41, 5.74) is 0.438. The van der Waals surface area contributed by atoms with Crippen LogP contribution in [0.1, 0.15) is 49.4 Å². The molecule has 0 saturated carbocycles. The third-order valence-electron chi connectivity index (χ3n) is 4.37. The van der Waals surface area contributed by atoms with E-state index in [1.54, 1.807) is 31.2 Å². The fraction of sp³-hybridized carbons (Fsp3) is 0.526. The zero-order valence-electron chi connectivity index (χ0n) is 15.1. The van der Waals surface area contributed by atoms with E-state index in [1.807, 2.05) is 4.90 Å². The first-order chi connectivity index (χ1) is 12.5. The first-order valence-electron chi connectivity index (χ1n) is 9.03. The van der Waals surface area contributed by atoms with Crippen molar-refractivity contribution in [3.05, 3.63) is 29.8 Å². The van der Waals surface area contributed by atoms with Crippen LogP contribution in [-0.4, -0.2) is 52.7 Å². The van der Waals surface area contributed by atoms with Crippen molar-refractivity contribution in [3.8, 4) is 0 Å². The molecule has 1 unspecified atom stereocenters. The molecule has 6 nitrogen and oxygen atoms in total. The molecule has 0 aliphatic carbocycles. The molecule has 1 fully saturated rings. The molecule has 1 aliphatic rings. The van der Waals surface area contributed by atoms with E-state index in [1.165, 1.54) is 12.8 Å². The summed E-state index contributed by atoms with van der Waals surface area (Å²) in [7, 11) is 0. The minimum Gasteiger partial charge on any atom is -0.480 e. The lowest BCUT2D eigenvalue weighted by Crippen LogP contribution is -2.35. The van der Waals surface area contributed by atoms with Gasteiger partial charge in [0.15, 0.2) is 0 Å². The lowest BCUT2D eigenvalue weighted by Gasteiger charge is -2.20. The molecule has 1 saturated heterocycles. The molecule has 2 amide bonds. The number of carboxylic acid groups (broad SMARTS) is 1. The Morgan fingerprint density at radius 1 is 1.15 bits per heavy atom. The Balaban J connectivity index is 1.87. The van der Waals surface area contributed by atoms with Crippen molar-refractivity contribution in [2.75, 3.05) is 19.6 Å². The van der Waals surface area contributed by atoms with Crippen LogP contribution in [0.3, 0.4) is 0 Å². The monoisotopic (exact) mass is 378 g/mol. The highest BCUT2D eigenvalue weighted by Gasteiger charge is 2.19. The van der Waals surface area contributed by atoms with Gasteiger partial charge >= 0.3 is 5.97 Å². The number of benzene rings is 1. The van der Waals surface area contributed by atoms with Gasteiger partial charge in [0.1, 0.15) is 5.25 Å². The molecule has 0 aromatic heterocycles. The number of nitrogens with one attached hydrogen (secondary N) is 1. The van der Waals surface area contributed by atoms with Crippen LogP contribution in [0.15, 0.2) is 29.2 Å². The average molecular weight is 378 g/mol. The highest BCUT2D eigenvalue weighted by Crippen LogP contribution is 2.27. The number of rotatable bonds is 7. The van der Waals surface area contributed by atoms with Gasteiger partial charge in [0.25, 0.3) is 5.91 Å². The van der Waals surface area contributed by atoms with Crippen LogP contribution in [0.5, 0.6) is 0 Å². The van der Waals surface area contributed by atoms with Crippen molar-refractivity contribution in [1.82, 2.24) is 10.2 Å². The fourth-order valence-corrected chi connectivity index (χ4v) is 3.78. The fourth-order valence-electron chi connectivity index (χ4n) is 2.85. The molecule has 2 rings (SSSR count). The summed E-state index contributed by atoms with van der Waals surface area (Å²) in [6, 6.07) is 6.92. The second-order valence-corrected chi connectivity index (χ2v) is 7.78. The van der Waals surface area contributed by atoms with Gasteiger partial charge in [-0.25, -0.2) is 0 Å². The molecule has 0 bridgehead atoms. The van der Waals surface area contributed by atoms with Crippen LogP contribution in [0.25, 0.3) is 0 Å². The van der Waals surface area contributed by atoms with Gasteiger partial charge in [0, 0.05) is 31.0 Å². The van der Waals surface area contributed by atoms with E-state index >= 15 is 0 Å². The van der Waals surface area contributed by atoms with Crippen molar-refractivity contribution in [2.24, 2.45) is 0 Å². The van der Waals surface area contributed by atoms with Crippen LogP contribution < -0.4 is 5.32 Å². The smallest absolute Gasteiger partial charge is 0.316 e. The SMILES string of the molecule is CC(Sc1ccccc1C(=O)NCCC(=O)N1CCCCCC1)C(=O)O. The number of thioether (sulfide) groups is 1. The summed E-state index contributed by atoms with van der Waals surface area (Å²) in [5, 5.41) is 11.2. The van der Waals surface area contributed by atoms with Gasteiger partial charge in [-0.15, -0.1) is 11.8 Å². The Hall–Kier alpha value is -2.02. The molecule has 7 heteroatoms. The molecule has 142 valence electrons. The molecule has 26 heavy (non-hydrogen) atoms. The number of hydrogen-bond acceptors (Lipinski definition) is 4. The molecular formula is C19H26N2O4S. The Kier molecular flexibility index (Phi) is 7.97. The predicted octanol–water partition coefficient (Wildman–Crippen LogP) is 2.77. The molecule has 0 radical (unpaired) electrons. The van der Waals surface area contributed by atoms with Gasteiger partial charge in [-0.1, -0.05) is 25.0 Å². The number of nitrogens with zero attached hydrogens (tertiary/aromatic N) is 1. The minimum absolute atomic E-state index is 0.0781. The number of amides is 2. The quantitative estimate of drug-likeness (QED) is 0.713. The second kappa shape index (κ2) is 10.2. The summed E-state index contributed by atoms with van der Waals surface area (Å²) in [4.78, 5) is 38.2. The minimum atomic E-state index is -0.923. The van der Waals surface area contributed by atoms with Crippen LogP contribution in [0, 0.1) is 0 Å². The average Bonchev–Trinajstić information content (AvgIpc) is 2.91. The van der Waals surface area contributed by atoms with E-state index in [-0.39, 0.29) is 24.8 Å². The Labute approximate surface area is 158 Å². The summed E-state index contributed by atoms with van der Waals surface area (Å²) < 4.78 is 0. The maximum absolute atomic E-state index is 12.4. The topological polar surface area (TPSA) is 86.7 Å². The number of carbonyl (C=O) groups is 3. The predicted molar refractivity (Wildman–Crippen MR) is 101 cm³/mol. The maximum atomic E-state index is 12.4. The van der Waals surface area contributed by atoms with Gasteiger partial charge in [0.05, 0.1) is 5.56 Å². The zero-order chi connectivity index (χ0) is 18.9. The number of carbonyl (C=O) groups excluding carboxylic acids is 2. The van der Waals surface area contributed by atoms with Gasteiger partial charge < -0.3 is 15.3 Å². The standard InChI is InChI=1S/C19H26N2O4S/c1-14(19(24)25)26-16-9-5-4-8-15(16)18(23)20-11-10-17(22)21-12-6-2-3-7-13-21/h4-5,8-9,14H,2-3,6-7,10-13H2,1H3,(H,20,23)(H,24,25). The molecule has 2 N–H and O–H groups in total. The summed E-state index contributed by atoms with van der Waals surface area (Å²) >= 11 is 1.14. The maximum Gasteiger partial charge on any atom is 0.316 e. The van der Waals surface area contributed by atoms with Gasteiger partial charge in [0.2, 0.25) is 5.91 Å². The van der Waals surface area contributed by atoms with Crippen LogP contribution >= 0.6 is 11.8 Å². The summed E-state index contributed by atoms with van der Waals surface area (Å²) in [6.45, 7) is 3.47. The summed E-state index contributed by atoms with van der Waals surface area (Å²) in [6.07, 6.45) is 4.72. The van der Waals surface area contributed by atoms with E-state index in [0.29, 0.717) is 10.5 Å². The molecule has 1 aromatic rings. The Bertz CT molecular complexity index is 642. The largest absolute Gasteiger partial charge is 0.480 e. The first kappa shape index (κ1) is 20.3. The van der Waals surface area contributed by atoms with Gasteiger partial charge in [-0.05, 0) is 31.9 Å². The number of likely N-dealkylation sites (tertiary alicyclic amines) is 1. The Morgan fingerprint density at radius 2 is 1.81 bits per heavy atom. The van der Waals surface area contributed by atoms with Gasteiger partial charge in [-0.2, -0.15) is 0 Å². The summed E-state index contributed by atoms with van der Waals surface area (Å²) in [5.74, 6) is -1.13. The number of hydrogen-bond donors (Lipinski definition) is 2. The van der Waals surface area contributed by atoms with E-state index in [4.69, 9.17) is 5.11 Å². The van der Waals surface area contributed by atoms with E-state index in [0.717, 1.165) is 37.7 Å². The molecule has 0 spiro atoms. The highest BCUT2D eigenvalue weighted by molar-refractivity contribution is 8.00. The van der Waals surface area contributed by atoms with Crippen molar-refractivity contribution in [3.63, 3.8) is 0 Å². The van der Waals surface area contributed by atoms with Crippen molar-refractivity contribution >= 4 is 29.5 Å². The van der Waals surface area contributed by atoms with Crippen molar-refractivity contribution in [2.45, 2.75) is 49.2 Å². The zero-order valence-corrected chi connectivity index (χ0v) is 15.9. The van der Waals surface area contributed by atoms with Crippen molar-refractivity contribution in [1.29, 1.82) is 0 Å². The lowest BCUT2D eigenvalue weighted by atomic mass is 10.2. The van der Waals surface area contributed by atoms with E-state index in [2.05, 4.69) is 5.32 Å². The Morgan fingerprint density at radius 3 is 2.46 bits per heavy atom. The van der Waals surface area contributed by atoms with Crippen LogP contribution in [-0.2, 0) is 9.59 Å². The lowest BCUT2D eigenvalue weighted by molar-refractivity contribution is -0.136. The van der Waals surface area contributed by atoms with E-state index in [9.17, 15) is 14.4 Å². The van der Waals surface area contributed by atoms with E-state index < -0.39 is 11.2 Å². The van der Waals surface area contributed by atoms with Crippen molar-refractivity contribution < 1.29 is 19.5 Å². The molecular weight excluding hydrogens is 352 g/mol. The second-order valence-electron chi connectivity index (χ2n) is 6.40. The third-order valence-corrected chi connectivity index (χ3v) is 5.53. The number of carboxylic acids is 1. The molecule has 1 aromatic carbocycles. The van der Waals surface area contributed by atoms with Crippen LogP contribution in [0.4, 0.5) is 0 Å². The normalized spacial score (nSPS) is 15.8. The highest BCUT2D eigenvalue weighted by atomic mass is 32.2. The third kappa shape index (κ3) is 6.05. The first-order valence-corrected chi connectivity index (χ1v) is 9.91.